The highest BCUT2D eigenvalue weighted by atomic mass is 32.2. The summed E-state index contributed by atoms with van der Waals surface area (Å²) in [6.45, 7) is 1.51. The van der Waals surface area contributed by atoms with Gasteiger partial charge in [0.2, 0.25) is 0 Å². The maximum Gasteiger partial charge on any atom is 0.416 e. The molecule has 1 aliphatic heterocycles. The molecule has 0 saturated carbocycles. The number of aryl methyl sites for hydroxylation is 1. The molecule has 33 heavy (non-hydrogen) atoms. The van der Waals surface area contributed by atoms with Crippen molar-refractivity contribution >= 4 is 21.9 Å². The van der Waals surface area contributed by atoms with Crippen LogP contribution in [0.3, 0.4) is 0 Å². The Morgan fingerprint density at radius 3 is 2.58 bits per heavy atom. The van der Waals surface area contributed by atoms with E-state index in [1.807, 2.05) is 6.08 Å². The quantitative estimate of drug-likeness (QED) is 0.551. The van der Waals surface area contributed by atoms with Gasteiger partial charge in [-0.05, 0) is 30.3 Å². The Hall–Kier alpha value is -3.54. The van der Waals surface area contributed by atoms with Crippen molar-refractivity contribution in [2.24, 2.45) is 12.1 Å². The molecule has 0 fully saturated rings. The standard InChI is InChI=1S/C21H19F3N6O2S/c1-3-33(31,32)18-6-7-19(30-11-5-4-9-26-30)27-20(18)16-13-17(29(2)28-16)15-12-14(8-10-25-15)21(22,23)24/h5-13H,3-4H2,1-2H3. The van der Waals surface area contributed by atoms with Crippen LogP contribution in [-0.2, 0) is 23.1 Å². The smallest absolute Gasteiger partial charge is 0.266 e. The van der Waals surface area contributed by atoms with Crippen molar-refractivity contribution < 1.29 is 21.6 Å². The van der Waals surface area contributed by atoms with E-state index < -0.39 is 21.6 Å². The van der Waals surface area contributed by atoms with Crippen LogP contribution in [0, 0.1) is 0 Å². The summed E-state index contributed by atoms with van der Waals surface area (Å²) in [5.41, 5.74) is -0.257. The largest absolute Gasteiger partial charge is 0.416 e. The molecule has 0 unspecified atom stereocenters. The number of hydrogen-bond acceptors (Lipinski definition) is 7. The molecule has 12 heteroatoms. The Balaban J connectivity index is 1.86. The van der Waals surface area contributed by atoms with Crippen LogP contribution in [0.4, 0.5) is 19.0 Å². The molecule has 0 atom stereocenters. The molecule has 0 bridgehead atoms. The second-order valence-electron chi connectivity index (χ2n) is 7.15. The maximum atomic E-state index is 13.2. The lowest BCUT2D eigenvalue weighted by Crippen LogP contribution is -2.14. The van der Waals surface area contributed by atoms with Crippen molar-refractivity contribution in [3.63, 3.8) is 0 Å². The number of nitrogens with zero attached hydrogens (tertiary/aromatic N) is 6. The summed E-state index contributed by atoms with van der Waals surface area (Å²) >= 11 is 0. The molecule has 4 heterocycles. The molecule has 0 N–H and O–H groups in total. The summed E-state index contributed by atoms with van der Waals surface area (Å²) in [5, 5.41) is 10.0. The average Bonchev–Trinajstić information content (AvgIpc) is 3.20. The van der Waals surface area contributed by atoms with Crippen molar-refractivity contribution in [1.29, 1.82) is 0 Å². The number of anilines is 1. The van der Waals surface area contributed by atoms with Gasteiger partial charge in [-0.3, -0.25) is 9.67 Å². The van der Waals surface area contributed by atoms with Crippen LogP contribution in [0.15, 0.2) is 58.8 Å². The molecular weight excluding hydrogens is 457 g/mol. The van der Waals surface area contributed by atoms with Gasteiger partial charge < -0.3 is 0 Å². The zero-order valence-corrected chi connectivity index (χ0v) is 18.5. The van der Waals surface area contributed by atoms with Crippen molar-refractivity contribution in [3.8, 4) is 22.8 Å². The van der Waals surface area contributed by atoms with Crippen molar-refractivity contribution in [3.05, 3.63) is 54.4 Å². The van der Waals surface area contributed by atoms with Gasteiger partial charge in [0, 0.05) is 32.1 Å². The van der Waals surface area contributed by atoms with Gasteiger partial charge in [0.1, 0.15) is 11.4 Å². The first-order valence-electron chi connectivity index (χ1n) is 9.90. The minimum absolute atomic E-state index is 0.0274. The van der Waals surface area contributed by atoms with Gasteiger partial charge in [0.05, 0.1) is 27.6 Å². The molecule has 0 spiro atoms. The minimum atomic E-state index is -4.53. The summed E-state index contributed by atoms with van der Waals surface area (Å²) in [4.78, 5) is 8.50. The highest BCUT2D eigenvalue weighted by molar-refractivity contribution is 7.91. The Morgan fingerprint density at radius 1 is 1.12 bits per heavy atom. The molecule has 0 saturated heterocycles. The van der Waals surface area contributed by atoms with Crippen LogP contribution in [0.2, 0.25) is 0 Å². The topological polar surface area (TPSA) is 93.3 Å². The number of halogens is 3. The fourth-order valence-electron chi connectivity index (χ4n) is 3.25. The molecule has 1 aliphatic rings. The maximum absolute atomic E-state index is 13.2. The van der Waals surface area contributed by atoms with E-state index >= 15 is 0 Å². The van der Waals surface area contributed by atoms with Gasteiger partial charge in [-0.25, -0.2) is 18.4 Å². The highest BCUT2D eigenvalue weighted by Crippen LogP contribution is 2.34. The minimum Gasteiger partial charge on any atom is -0.266 e. The van der Waals surface area contributed by atoms with E-state index in [1.165, 1.54) is 41.9 Å². The van der Waals surface area contributed by atoms with Crippen LogP contribution in [-0.4, -0.2) is 40.1 Å². The molecule has 0 aliphatic carbocycles. The van der Waals surface area contributed by atoms with E-state index in [0.29, 0.717) is 12.2 Å². The lowest BCUT2D eigenvalue weighted by Gasteiger charge is -2.17. The molecule has 0 aromatic carbocycles. The third kappa shape index (κ3) is 4.51. The van der Waals surface area contributed by atoms with E-state index in [1.54, 1.807) is 12.4 Å². The van der Waals surface area contributed by atoms with E-state index in [4.69, 9.17) is 0 Å². The van der Waals surface area contributed by atoms with Gasteiger partial charge in [0.15, 0.2) is 15.7 Å². The fraction of sp³-hybridized carbons (Fsp3) is 0.238. The van der Waals surface area contributed by atoms with Gasteiger partial charge in [-0.1, -0.05) is 13.0 Å². The predicted octanol–water partition coefficient (Wildman–Crippen LogP) is 4.07. The first-order chi connectivity index (χ1) is 15.6. The monoisotopic (exact) mass is 476 g/mol. The Bertz CT molecular complexity index is 1350. The number of hydrogen-bond donors (Lipinski definition) is 0. The lowest BCUT2D eigenvalue weighted by atomic mass is 10.1. The second-order valence-corrected chi connectivity index (χ2v) is 9.40. The average molecular weight is 476 g/mol. The molecule has 3 aromatic rings. The third-order valence-electron chi connectivity index (χ3n) is 4.96. The first kappa shape index (κ1) is 22.6. The zero-order chi connectivity index (χ0) is 23.8. The molecule has 8 nitrogen and oxygen atoms in total. The van der Waals surface area contributed by atoms with Crippen molar-refractivity contribution in [1.82, 2.24) is 19.7 Å². The Morgan fingerprint density at radius 2 is 1.91 bits per heavy atom. The highest BCUT2D eigenvalue weighted by Gasteiger charge is 2.31. The van der Waals surface area contributed by atoms with E-state index in [0.717, 1.165) is 18.3 Å². The first-order valence-corrected chi connectivity index (χ1v) is 11.6. The number of pyridine rings is 2. The van der Waals surface area contributed by atoms with Gasteiger partial charge in [-0.2, -0.15) is 23.4 Å². The van der Waals surface area contributed by atoms with Gasteiger partial charge in [-0.15, -0.1) is 0 Å². The van der Waals surface area contributed by atoms with Crippen LogP contribution >= 0.6 is 0 Å². The van der Waals surface area contributed by atoms with Crippen LogP contribution in [0.1, 0.15) is 18.9 Å². The summed E-state index contributed by atoms with van der Waals surface area (Å²) in [6.07, 6.45) is 2.45. The van der Waals surface area contributed by atoms with E-state index in [-0.39, 0.29) is 33.4 Å². The molecule has 0 radical (unpaired) electrons. The number of alkyl halides is 3. The third-order valence-corrected chi connectivity index (χ3v) is 6.72. The van der Waals surface area contributed by atoms with Crippen molar-refractivity contribution in [2.75, 3.05) is 10.8 Å². The number of rotatable bonds is 5. The van der Waals surface area contributed by atoms with Crippen molar-refractivity contribution in [2.45, 2.75) is 24.4 Å². The van der Waals surface area contributed by atoms with E-state index in [9.17, 15) is 21.6 Å². The van der Waals surface area contributed by atoms with Gasteiger partial charge in [0.25, 0.3) is 0 Å². The number of hydrazone groups is 1. The summed E-state index contributed by atoms with van der Waals surface area (Å²) in [5.74, 6) is 0.217. The summed E-state index contributed by atoms with van der Waals surface area (Å²) in [6, 6.07) is 6.24. The van der Waals surface area contributed by atoms with Gasteiger partial charge >= 0.3 is 6.18 Å². The summed E-state index contributed by atoms with van der Waals surface area (Å²) in [7, 11) is -2.13. The normalized spacial score (nSPS) is 14.2. The number of allylic oxidation sites excluding steroid dienone is 1. The zero-order valence-electron chi connectivity index (χ0n) is 17.7. The predicted molar refractivity (Wildman–Crippen MR) is 117 cm³/mol. The fourth-order valence-corrected chi connectivity index (χ4v) is 4.29. The van der Waals surface area contributed by atoms with Crippen LogP contribution in [0.25, 0.3) is 22.8 Å². The van der Waals surface area contributed by atoms with Crippen LogP contribution < -0.4 is 5.01 Å². The number of aromatic nitrogens is 4. The molecule has 172 valence electrons. The Labute approximate surface area is 188 Å². The molecular formula is C21H19F3N6O2S. The summed E-state index contributed by atoms with van der Waals surface area (Å²) < 4.78 is 66.3. The van der Waals surface area contributed by atoms with E-state index in [2.05, 4.69) is 20.2 Å². The molecule has 0 amide bonds. The molecule has 4 rings (SSSR count). The number of sulfone groups is 1. The Kier molecular flexibility index (Phi) is 5.78. The van der Waals surface area contributed by atoms with Crippen LogP contribution in [0.5, 0.6) is 0 Å². The second kappa shape index (κ2) is 8.43. The lowest BCUT2D eigenvalue weighted by molar-refractivity contribution is -0.137. The SMILES string of the molecule is CCS(=O)(=O)c1ccc(N2C=CCC=N2)nc1-c1cc(-c2cc(C(F)(F)F)ccn2)n(C)n1. The molecule has 3 aromatic heterocycles.